The van der Waals surface area contributed by atoms with Crippen LogP contribution in [-0.2, 0) is 0 Å². The highest BCUT2D eigenvalue weighted by atomic mass is 16.1. The third-order valence-electron chi connectivity index (χ3n) is 3.39. The number of carbonyl (C=O) groups is 1. The van der Waals surface area contributed by atoms with Gasteiger partial charge in [0.1, 0.15) is 0 Å². The Morgan fingerprint density at radius 1 is 1.05 bits per heavy atom. The fraction of sp³-hybridized carbons (Fsp3) is 0.111. The first-order valence-electron chi connectivity index (χ1n) is 7.12. The summed E-state index contributed by atoms with van der Waals surface area (Å²) in [5, 5.41) is 7.30. The third kappa shape index (κ3) is 2.91. The molecule has 4 nitrogen and oxygen atoms in total. The number of nitrogens with zero attached hydrogens (tertiary/aromatic N) is 2. The first kappa shape index (κ1) is 14.1. The molecule has 2 aromatic carbocycles. The Labute approximate surface area is 129 Å². The van der Waals surface area contributed by atoms with Crippen molar-refractivity contribution in [2.75, 3.05) is 5.32 Å². The monoisotopic (exact) mass is 291 g/mol. The van der Waals surface area contributed by atoms with E-state index in [1.165, 1.54) is 0 Å². The van der Waals surface area contributed by atoms with E-state index >= 15 is 0 Å². The van der Waals surface area contributed by atoms with Gasteiger partial charge >= 0.3 is 0 Å². The van der Waals surface area contributed by atoms with Gasteiger partial charge in [-0.3, -0.25) is 4.79 Å². The van der Waals surface area contributed by atoms with Crippen LogP contribution in [0.15, 0.2) is 60.9 Å². The number of rotatable bonds is 3. The number of aromatic nitrogens is 2. The van der Waals surface area contributed by atoms with E-state index < -0.39 is 0 Å². The van der Waals surface area contributed by atoms with Crippen LogP contribution in [0.2, 0.25) is 0 Å². The van der Waals surface area contributed by atoms with Crippen molar-refractivity contribution in [1.29, 1.82) is 0 Å². The van der Waals surface area contributed by atoms with E-state index in [4.69, 9.17) is 0 Å². The summed E-state index contributed by atoms with van der Waals surface area (Å²) in [6.45, 7) is 3.98. The second-order valence-electron chi connectivity index (χ2n) is 5.30. The van der Waals surface area contributed by atoms with E-state index in [-0.39, 0.29) is 5.91 Å². The van der Waals surface area contributed by atoms with Crippen molar-refractivity contribution in [1.82, 2.24) is 9.78 Å². The second-order valence-corrected chi connectivity index (χ2v) is 5.30. The molecule has 0 radical (unpaired) electrons. The van der Waals surface area contributed by atoms with Crippen molar-refractivity contribution in [3.8, 4) is 5.69 Å². The van der Waals surface area contributed by atoms with E-state index in [0.717, 1.165) is 22.5 Å². The molecule has 0 saturated heterocycles. The number of benzene rings is 2. The first-order chi connectivity index (χ1) is 10.6. The molecule has 4 heteroatoms. The third-order valence-corrected chi connectivity index (χ3v) is 3.39. The quantitative estimate of drug-likeness (QED) is 0.799. The van der Waals surface area contributed by atoms with E-state index in [0.29, 0.717) is 5.56 Å². The normalized spacial score (nSPS) is 10.5. The zero-order valence-corrected chi connectivity index (χ0v) is 12.6. The standard InChI is InChI=1S/C18H17N3O/c1-13-8-9-17(21-12-14(2)11-19-21)16(10-13)20-18(22)15-6-4-3-5-7-15/h3-12H,1-2H3,(H,20,22). The number of carbonyl (C=O) groups excluding carboxylic acids is 1. The average molecular weight is 291 g/mol. The van der Waals surface area contributed by atoms with Crippen LogP contribution < -0.4 is 5.32 Å². The maximum Gasteiger partial charge on any atom is 0.255 e. The van der Waals surface area contributed by atoms with Gasteiger partial charge in [-0.25, -0.2) is 4.68 Å². The summed E-state index contributed by atoms with van der Waals surface area (Å²) in [6.07, 6.45) is 3.73. The Balaban J connectivity index is 1.96. The minimum Gasteiger partial charge on any atom is -0.320 e. The van der Waals surface area contributed by atoms with Gasteiger partial charge < -0.3 is 5.32 Å². The summed E-state index contributed by atoms with van der Waals surface area (Å²) in [5.74, 6) is -0.128. The number of hydrogen-bond donors (Lipinski definition) is 1. The number of amides is 1. The lowest BCUT2D eigenvalue weighted by Gasteiger charge is -2.12. The topological polar surface area (TPSA) is 46.9 Å². The van der Waals surface area contributed by atoms with Crippen molar-refractivity contribution >= 4 is 11.6 Å². The molecular formula is C18H17N3O. The summed E-state index contributed by atoms with van der Waals surface area (Å²) in [4.78, 5) is 12.4. The van der Waals surface area contributed by atoms with Crippen LogP contribution in [0, 0.1) is 13.8 Å². The molecule has 0 bridgehead atoms. The van der Waals surface area contributed by atoms with Gasteiger partial charge in [0.2, 0.25) is 0 Å². The molecule has 0 aliphatic carbocycles. The highest BCUT2D eigenvalue weighted by Gasteiger charge is 2.11. The minimum absolute atomic E-state index is 0.128. The maximum atomic E-state index is 12.4. The van der Waals surface area contributed by atoms with Crippen molar-refractivity contribution in [3.63, 3.8) is 0 Å². The van der Waals surface area contributed by atoms with E-state index in [2.05, 4.69) is 10.4 Å². The Morgan fingerprint density at radius 2 is 1.82 bits per heavy atom. The zero-order chi connectivity index (χ0) is 15.5. The van der Waals surface area contributed by atoms with Crippen LogP contribution in [-0.4, -0.2) is 15.7 Å². The van der Waals surface area contributed by atoms with Gasteiger partial charge in [0.25, 0.3) is 5.91 Å². The van der Waals surface area contributed by atoms with Crippen LogP contribution in [0.4, 0.5) is 5.69 Å². The molecule has 3 aromatic rings. The molecule has 22 heavy (non-hydrogen) atoms. The molecule has 1 amide bonds. The molecule has 1 aromatic heterocycles. The molecule has 3 rings (SSSR count). The number of nitrogens with one attached hydrogen (secondary N) is 1. The molecule has 1 heterocycles. The fourth-order valence-corrected chi connectivity index (χ4v) is 2.28. The van der Waals surface area contributed by atoms with Crippen molar-refractivity contribution in [2.24, 2.45) is 0 Å². The Morgan fingerprint density at radius 3 is 2.50 bits per heavy atom. The SMILES string of the molecule is Cc1ccc(-n2cc(C)cn2)c(NC(=O)c2ccccc2)c1. The summed E-state index contributed by atoms with van der Waals surface area (Å²) >= 11 is 0. The highest BCUT2D eigenvalue weighted by Crippen LogP contribution is 2.22. The molecule has 0 spiro atoms. The van der Waals surface area contributed by atoms with Crippen LogP contribution in [0.5, 0.6) is 0 Å². The van der Waals surface area contributed by atoms with Gasteiger partial charge in [-0.2, -0.15) is 5.10 Å². The number of hydrogen-bond acceptors (Lipinski definition) is 2. The molecular weight excluding hydrogens is 274 g/mol. The van der Waals surface area contributed by atoms with E-state index in [1.54, 1.807) is 23.0 Å². The van der Waals surface area contributed by atoms with Crippen molar-refractivity contribution < 1.29 is 4.79 Å². The molecule has 1 N–H and O–H groups in total. The Kier molecular flexibility index (Phi) is 3.74. The van der Waals surface area contributed by atoms with Gasteiger partial charge in [-0.15, -0.1) is 0 Å². The van der Waals surface area contributed by atoms with Gasteiger partial charge in [-0.1, -0.05) is 24.3 Å². The maximum absolute atomic E-state index is 12.4. The molecule has 0 aliphatic rings. The fourth-order valence-electron chi connectivity index (χ4n) is 2.28. The lowest BCUT2D eigenvalue weighted by atomic mass is 10.1. The van der Waals surface area contributed by atoms with Gasteiger partial charge in [0.05, 0.1) is 17.6 Å². The van der Waals surface area contributed by atoms with Gasteiger partial charge in [-0.05, 0) is 49.2 Å². The van der Waals surface area contributed by atoms with Crippen LogP contribution in [0.3, 0.4) is 0 Å². The predicted molar refractivity (Wildman–Crippen MR) is 87.4 cm³/mol. The lowest BCUT2D eigenvalue weighted by molar-refractivity contribution is 0.102. The largest absolute Gasteiger partial charge is 0.320 e. The average Bonchev–Trinajstić information content (AvgIpc) is 2.94. The number of anilines is 1. The first-order valence-corrected chi connectivity index (χ1v) is 7.12. The van der Waals surface area contributed by atoms with Crippen LogP contribution in [0.25, 0.3) is 5.69 Å². The Bertz CT molecular complexity index is 806. The Hall–Kier alpha value is -2.88. The van der Waals surface area contributed by atoms with Gasteiger partial charge in [0.15, 0.2) is 0 Å². The lowest BCUT2D eigenvalue weighted by Crippen LogP contribution is -2.14. The van der Waals surface area contributed by atoms with E-state index in [9.17, 15) is 4.79 Å². The smallest absolute Gasteiger partial charge is 0.255 e. The van der Waals surface area contributed by atoms with Crippen molar-refractivity contribution in [3.05, 3.63) is 77.6 Å². The zero-order valence-electron chi connectivity index (χ0n) is 12.6. The predicted octanol–water partition coefficient (Wildman–Crippen LogP) is 3.74. The summed E-state index contributed by atoms with van der Waals surface area (Å²) in [7, 11) is 0. The number of aryl methyl sites for hydroxylation is 2. The van der Waals surface area contributed by atoms with Crippen LogP contribution >= 0.6 is 0 Å². The molecule has 0 unspecified atom stereocenters. The summed E-state index contributed by atoms with van der Waals surface area (Å²) in [5.41, 5.74) is 4.38. The van der Waals surface area contributed by atoms with Crippen LogP contribution in [0.1, 0.15) is 21.5 Å². The molecule has 0 aliphatic heterocycles. The molecule has 0 atom stereocenters. The summed E-state index contributed by atoms with van der Waals surface area (Å²) < 4.78 is 1.77. The van der Waals surface area contributed by atoms with Gasteiger partial charge in [0, 0.05) is 11.8 Å². The molecule has 0 fully saturated rings. The second kappa shape index (κ2) is 5.85. The van der Waals surface area contributed by atoms with Crippen molar-refractivity contribution in [2.45, 2.75) is 13.8 Å². The minimum atomic E-state index is -0.128. The van der Waals surface area contributed by atoms with E-state index in [1.807, 2.05) is 56.4 Å². The summed E-state index contributed by atoms with van der Waals surface area (Å²) in [6, 6.07) is 15.1. The highest BCUT2D eigenvalue weighted by molar-refractivity contribution is 6.05. The molecule has 110 valence electrons. The molecule has 0 saturated carbocycles.